The first-order valence-corrected chi connectivity index (χ1v) is 4.77. The molecule has 0 aliphatic heterocycles. The molecule has 1 aromatic carbocycles. The van der Waals surface area contributed by atoms with Crippen LogP contribution in [-0.4, -0.2) is 5.11 Å². The molecule has 0 spiro atoms. The fourth-order valence-corrected chi connectivity index (χ4v) is 1.69. The molecular formula is C8H5Br2NO. The van der Waals surface area contributed by atoms with E-state index in [4.69, 9.17) is 10.4 Å². The van der Waals surface area contributed by atoms with Crippen molar-refractivity contribution in [1.29, 1.82) is 5.26 Å². The van der Waals surface area contributed by atoms with Crippen molar-refractivity contribution < 1.29 is 5.11 Å². The summed E-state index contributed by atoms with van der Waals surface area (Å²) in [7, 11) is 0. The van der Waals surface area contributed by atoms with Gasteiger partial charge in [0.05, 0.1) is 18.2 Å². The maximum Gasteiger partial charge on any atom is 0.0995 e. The van der Waals surface area contributed by atoms with Crippen LogP contribution in [0.3, 0.4) is 0 Å². The Balaban J connectivity index is 3.38. The Morgan fingerprint density at radius 1 is 1.42 bits per heavy atom. The van der Waals surface area contributed by atoms with Crippen molar-refractivity contribution in [1.82, 2.24) is 0 Å². The lowest BCUT2D eigenvalue weighted by molar-refractivity contribution is 0.280. The van der Waals surface area contributed by atoms with Crippen LogP contribution in [0.15, 0.2) is 21.1 Å². The topological polar surface area (TPSA) is 44.0 Å². The number of aliphatic hydroxyl groups excluding tert-OH is 1. The van der Waals surface area contributed by atoms with Gasteiger partial charge in [0, 0.05) is 14.5 Å². The number of rotatable bonds is 1. The predicted molar refractivity (Wildman–Crippen MR) is 52.5 cm³/mol. The van der Waals surface area contributed by atoms with Gasteiger partial charge < -0.3 is 5.11 Å². The number of aliphatic hydroxyl groups is 1. The van der Waals surface area contributed by atoms with E-state index < -0.39 is 0 Å². The van der Waals surface area contributed by atoms with E-state index in [9.17, 15) is 0 Å². The van der Waals surface area contributed by atoms with Gasteiger partial charge in [-0.3, -0.25) is 0 Å². The highest BCUT2D eigenvalue weighted by molar-refractivity contribution is 9.13. The summed E-state index contributed by atoms with van der Waals surface area (Å²) in [5, 5.41) is 17.6. The molecule has 0 aliphatic carbocycles. The zero-order chi connectivity index (χ0) is 9.14. The number of nitrogens with zero attached hydrogens (tertiary/aromatic N) is 1. The summed E-state index contributed by atoms with van der Waals surface area (Å²) in [5.74, 6) is 0. The lowest BCUT2D eigenvalue weighted by Crippen LogP contribution is -1.91. The largest absolute Gasteiger partial charge is 0.392 e. The molecule has 1 N–H and O–H groups in total. The van der Waals surface area contributed by atoms with Crippen LogP contribution in [0.2, 0.25) is 0 Å². The van der Waals surface area contributed by atoms with E-state index in [-0.39, 0.29) is 6.61 Å². The highest BCUT2D eigenvalue weighted by atomic mass is 79.9. The van der Waals surface area contributed by atoms with Crippen molar-refractivity contribution >= 4 is 31.9 Å². The Morgan fingerprint density at radius 3 is 2.58 bits per heavy atom. The van der Waals surface area contributed by atoms with Gasteiger partial charge in [-0.25, -0.2) is 0 Å². The molecule has 0 saturated heterocycles. The highest BCUT2D eigenvalue weighted by Crippen LogP contribution is 2.28. The summed E-state index contributed by atoms with van der Waals surface area (Å²) in [4.78, 5) is 0. The number of benzene rings is 1. The molecule has 0 aliphatic rings. The van der Waals surface area contributed by atoms with E-state index in [0.717, 1.165) is 8.95 Å². The third-order valence-corrected chi connectivity index (χ3v) is 3.57. The Morgan fingerprint density at radius 2 is 2.08 bits per heavy atom. The smallest absolute Gasteiger partial charge is 0.0995 e. The Kier molecular flexibility index (Phi) is 3.27. The summed E-state index contributed by atoms with van der Waals surface area (Å²) in [6.45, 7) is -0.136. The fraction of sp³-hybridized carbons (Fsp3) is 0.125. The zero-order valence-corrected chi connectivity index (χ0v) is 9.18. The van der Waals surface area contributed by atoms with Gasteiger partial charge in [-0.15, -0.1) is 0 Å². The van der Waals surface area contributed by atoms with Gasteiger partial charge in [-0.2, -0.15) is 5.26 Å². The quantitative estimate of drug-likeness (QED) is 0.864. The molecular weight excluding hydrogens is 286 g/mol. The van der Waals surface area contributed by atoms with Crippen LogP contribution in [0.4, 0.5) is 0 Å². The van der Waals surface area contributed by atoms with Crippen molar-refractivity contribution in [2.75, 3.05) is 0 Å². The second kappa shape index (κ2) is 4.04. The molecule has 62 valence electrons. The lowest BCUT2D eigenvalue weighted by atomic mass is 10.1. The van der Waals surface area contributed by atoms with Crippen LogP contribution >= 0.6 is 31.9 Å². The monoisotopic (exact) mass is 289 g/mol. The van der Waals surface area contributed by atoms with Gasteiger partial charge in [0.25, 0.3) is 0 Å². The molecule has 0 radical (unpaired) electrons. The maximum atomic E-state index is 8.95. The van der Waals surface area contributed by atoms with Crippen molar-refractivity contribution in [3.05, 3.63) is 32.2 Å². The van der Waals surface area contributed by atoms with Crippen LogP contribution < -0.4 is 0 Å². The van der Waals surface area contributed by atoms with E-state index in [1.165, 1.54) is 0 Å². The van der Waals surface area contributed by atoms with Crippen molar-refractivity contribution in [2.45, 2.75) is 6.61 Å². The first-order valence-electron chi connectivity index (χ1n) is 3.18. The number of hydrogen-bond donors (Lipinski definition) is 1. The van der Waals surface area contributed by atoms with Crippen LogP contribution in [0.1, 0.15) is 11.1 Å². The lowest BCUT2D eigenvalue weighted by Gasteiger charge is -2.04. The van der Waals surface area contributed by atoms with E-state index in [0.29, 0.717) is 11.1 Å². The first kappa shape index (κ1) is 9.72. The van der Waals surface area contributed by atoms with Crippen LogP contribution in [0, 0.1) is 11.3 Å². The minimum Gasteiger partial charge on any atom is -0.392 e. The normalized spacial score (nSPS) is 9.50. The molecule has 0 bridgehead atoms. The van der Waals surface area contributed by atoms with E-state index >= 15 is 0 Å². The molecule has 0 heterocycles. The molecule has 4 heteroatoms. The van der Waals surface area contributed by atoms with Gasteiger partial charge in [-0.05, 0) is 44.0 Å². The third-order valence-electron chi connectivity index (χ3n) is 1.47. The predicted octanol–water partition coefficient (Wildman–Crippen LogP) is 2.58. The van der Waals surface area contributed by atoms with Crippen molar-refractivity contribution in [3.8, 4) is 6.07 Å². The molecule has 0 aromatic heterocycles. The Bertz CT molecular complexity index is 344. The minimum atomic E-state index is -0.136. The summed E-state index contributed by atoms with van der Waals surface area (Å²) in [6.07, 6.45) is 0. The Hall–Kier alpha value is -0.370. The molecule has 0 unspecified atom stereocenters. The minimum absolute atomic E-state index is 0.136. The summed E-state index contributed by atoms with van der Waals surface area (Å²) in [5.41, 5.74) is 1.11. The molecule has 0 atom stereocenters. The van der Waals surface area contributed by atoms with Gasteiger partial charge in [0.1, 0.15) is 0 Å². The average molecular weight is 291 g/mol. The number of hydrogen-bond acceptors (Lipinski definition) is 2. The van der Waals surface area contributed by atoms with Gasteiger partial charge in [-0.1, -0.05) is 0 Å². The summed E-state index contributed by atoms with van der Waals surface area (Å²) in [6, 6.07) is 5.44. The van der Waals surface area contributed by atoms with E-state index in [1.54, 1.807) is 12.1 Å². The fourth-order valence-electron chi connectivity index (χ4n) is 0.852. The zero-order valence-electron chi connectivity index (χ0n) is 6.01. The van der Waals surface area contributed by atoms with Crippen molar-refractivity contribution in [3.63, 3.8) is 0 Å². The SMILES string of the molecule is N#Cc1ccc(Br)c(Br)c1CO. The molecule has 1 aromatic rings. The Labute approximate surface area is 87.1 Å². The molecule has 12 heavy (non-hydrogen) atoms. The third kappa shape index (κ3) is 1.69. The highest BCUT2D eigenvalue weighted by Gasteiger charge is 2.07. The molecule has 0 saturated carbocycles. The standard InChI is InChI=1S/C8H5Br2NO/c9-7-2-1-5(3-11)6(4-12)8(7)10/h1-2,12H,4H2. The van der Waals surface area contributed by atoms with Gasteiger partial charge in [0.15, 0.2) is 0 Å². The average Bonchev–Trinajstić information content (AvgIpc) is 2.09. The molecule has 0 amide bonds. The van der Waals surface area contributed by atoms with Crippen LogP contribution in [0.25, 0.3) is 0 Å². The number of halogens is 2. The summed E-state index contributed by atoms with van der Waals surface area (Å²) >= 11 is 6.56. The van der Waals surface area contributed by atoms with Gasteiger partial charge >= 0.3 is 0 Å². The van der Waals surface area contributed by atoms with Crippen LogP contribution in [-0.2, 0) is 6.61 Å². The van der Waals surface area contributed by atoms with Crippen LogP contribution in [0.5, 0.6) is 0 Å². The molecule has 2 nitrogen and oxygen atoms in total. The second-order valence-corrected chi connectivity index (χ2v) is 3.80. The van der Waals surface area contributed by atoms with E-state index in [1.807, 2.05) is 6.07 Å². The van der Waals surface area contributed by atoms with Gasteiger partial charge in [0.2, 0.25) is 0 Å². The maximum absolute atomic E-state index is 8.95. The summed E-state index contributed by atoms with van der Waals surface area (Å²) < 4.78 is 1.58. The second-order valence-electron chi connectivity index (χ2n) is 2.16. The molecule has 0 fully saturated rings. The van der Waals surface area contributed by atoms with Crippen molar-refractivity contribution in [2.24, 2.45) is 0 Å². The van der Waals surface area contributed by atoms with E-state index in [2.05, 4.69) is 31.9 Å². The first-order chi connectivity index (χ1) is 5.70. The molecule has 1 rings (SSSR count). The number of nitriles is 1.